The summed E-state index contributed by atoms with van der Waals surface area (Å²) in [6, 6.07) is 3.36. The van der Waals surface area contributed by atoms with Gasteiger partial charge in [-0.25, -0.2) is 4.98 Å². The maximum absolute atomic E-state index is 12.5. The van der Waals surface area contributed by atoms with Crippen molar-refractivity contribution >= 4 is 11.8 Å². The van der Waals surface area contributed by atoms with Crippen LogP contribution in [0.25, 0.3) is 0 Å². The van der Waals surface area contributed by atoms with Gasteiger partial charge in [-0.15, -0.1) is 0 Å². The predicted octanol–water partition coefficient (Wildman–Crippen LogP) is 1.58. The average Bonchev–Trinajstić information content (AvgIpc) is 3.26. The van der Waals surface area contributed by atoms with E-state index in [9.17, 15) is 9.59 Å². The third kappa shape index (κ3) is 3.34. The third-order valence-corrected chi connectivity index (χ3v) is 4.22. The molecule has 2 amide bonds. The van der Waals surface area contributed by atoms with Crippen molar-refractivity contribution in [3.8, 4) is 0 Å². The summed E-state index contributed by atoms with van der Waals surface area (Å²) < 4.78 is 7.04. The zero-order chi connectivity index (χ0) is 17.1. The lowest BCUT2D eigenvalue weighted by Crippen LogP contribution is -2.51. The van der Waals surface area contributed by atoms with E-state index in [1.165, 1.54) is 6.26 Å². The SMILES string of the molecule is CC(C)c1nccn1CC(=O)N1CCN(C(=O)c2ccco2)CC1. The number of rotatable bonds is 4. The quantitative estimate of drug-likeness (QED) is 0.853. The fourth-order valence-corrected chi connectivity index (χ4v) is 2.92. The Morgan fingerprint density at radius 1 is 1.21 bits per heavy atom. The maximum atomic E-state index is 12.5. The van der Waals surface area contributed by atoms with Gasteiger partial charge in [0.1, 0.15) is 12.4 Å². The standard InChI is InChI=1S/C17H22N4O3/c1-13(2)16-18-5-6-21(16)12-15(22)19-7-9-20(10-8-19)17(23)14-4-3-11-24-14/h3-6,11,13H,7-10,12H2,1-2H3. The molecule has 0 aromatic carbocycles. The molecule has 1 aliphatic rings. The maximum Gasteiger partial charge on any atom is 0.289 e. The summed E-state index contributed by atoms with van der Waals surface area (Å²) in [6.45, 7) is 6.52. The van der Waals surface area contributed by atoms with Crippen LogP contribution in [0.1, 0.15) is 36.1 Å². The van der Waals surface area contributed by atoms with Crippen molar-refractivity contribution in [3.63, 3.8) is 0 Å². The highest BCUT2D eigenvalue weighted by Gasteiger charge is 2.26. The number of furan rings is 1. The van der Waals surface area contributed by atoms with Crippen molar-refractivity contribution in [3.05, 3.63) is 42.4 Å². The fourth-order valence-electron chi connectivity index (χ4n) is 2.92. The molecule has 0 bridgehead atoms. The minimum absolute atomic E-state index is 0.0556. The van der Waals surface area contributed by atoms with Gasteiger partial charge in [0.25, 0.3) is 5.91 Å². The first-order chi connectivity index (χ1) is 11.6. The van der Waals surface area contributed by atoms with Crippen LogP contribution in [0.3, 0.4) is 0 Å². The van der Waals surface area contributed by atoms with Gasteiger partial charge in [0.15, 0.2) is 5.76 Å². The average molecular weight is 330 g/mol. The minimum Gasteiger partial charge on any atom is -0.459 e. The van der Waals surface area contributed by atoms with Gasteiger partial charge in [-0.3, -0.25) is 9.59 Å². The number of hydrogen-bond acceptors (Lipinski definition) is 4. The summed E-state index contributed by atoms with van der Waals surface area (Å²) in [6.07, 6.45) is 5.05. The normalized spacial score (nSPS) is 15.1. The Kier molecular flexibility index (Phi) is 4.69. The molecule has 7 nitrogen and oxygen atoms in total. The summed E-state index contributed by atoms with van der Waals surface area (Å²) in [4.78, 5) is 32.6. The summed E-state index contributed by atoms with van der Waals surface area (Å²) in [5, 5.41) is 0. The Morgan fingerprint density at radius 2 is 1.92 bits per heavy atom. The first-order valence-corrected chi connectivity index (χ1v) is 8.18. The number of piperazine rings is 1. The second-order valence-electron chi connectivity index (χ2n) is 6.22. The van der Waals surface area contributed by atoms with E-state index in [1.54, 1.807) is 28.1 Å². The molecule has 7 heteroatoms. The van der Waals surface area contributed by atoms with Crippen molar-refractivity contribution in [2.75, 3.05) is 26.2 Å². The first kappa shape index (κ1) is 16.3. The van der Waals surface area contributed by atoms with Crippen LogP contribution in [-0.2, 0) is 11.3 Å². The second kappa shape index (κ2) is 6.90. The molecular formula is C17H22N4O3. The van der Waals surface area contributed by atoms with Crippen LogP contribution in [0.4, 0.5) is 0 Å². The van der Waals surface area contributed by atoms with Gasteiger partial charge >= 0.3 is 0 Å². The van der Waals surface area contributed by atoms with Crippen LogP contribution in [0, 0.1) is 0 Å². The zero-order valence-electron chi connectivity index (χ0n) is 14.0. The van der Waals surface area contributed by atoms with E-state index in [-0.39, 0.29) is 17.7 Å². The molecule has 0 atom stereocenters. The number of carbonyl (C=O) groups excluding carboxylic acids is 2. The molecule has 2 aromatic rings. The van der Waals surface area contributed by atoms with E-state index in [2.05, 4.69) is 18.8 Å². The molecule has 24 heavy (non-hydrogen) atoms. The Morgan fingerprint density at radius 3 is 2.54 bits per heavy atom. The number of imidazole rings is 1. The molecular weight excluding hydrogens is 308 g/mol. The number of aromatic nitrogens is 2. The van der Waals surface area contributed by atoms with Crippen molar-refractivity contribution in [2.24, 2.45) is 0 Å². The Balaban J connectivity index is 1.55. The van der Waals surface area contributed by atoms with Gasteiger partial charge in [0.05, 0.1) is 6.26 Å². The van der Waals surface area contributed by atoms with E-state index in [4.69, 9.17) is 4.42 Å². The molecule has 3 heterocycles. The minimum atomic E-state index is -0.121. The predicted molar refractivity (Wildman–Crippen MR) is 87.5 cm³/mol. The highest BCUT2D eigenvalue weighted by atomic mass is 16.3. The van der Waals surface area contributed by atoms with Gasteiger partial charge < -0.3 is 18.8 Å². The smallest absolute Gasteiger partial charge is 0.289 e. The molecule has 1 aliphatic heterocycles. The number of carbonyl (C=O) groups is 2. The monoisotopic (exact) mass is 330 g/mol. The van der Waals surface area contributed by atoms with Gasteiger partial charge in [-0.2, -0.15) is 0 Å². The van der Waals surface area contributed by atoms with E-state index in [0.29, 0.717) is 38.5 Å². The number of nitrogens with zero attached hydrogens (tertiary/aromatic N) is 4. The van der Waals surface area contributed by atoms with Crippen molar-refractivity contribution in [2.45, 2.75) is 26.3 Å². The highest BCUT2D eigenvalue weighted by Crippen LogP contribution is 2.13. The summed E-state index contributed by atoms with van der Waals surface area (Å²) in [5.41, 5.74) is 0. The summed E-state index contributed by atoms with van der Waals surface area (Å²) >= 11 is 0. The van der Waals surface area contributed by atoms with Gasteiger partial charge in [0.2, 0.25) is 5.91 Å². The molecule has 0 radical (unpaired) electrons. The number of amides is 2. The summed E-state index contributed by atoms with van der Waals surface area (Å²) in [5.74, 6) is 1.46. The Hall–Kier alpha value is -2.57. The molecule has 0 unspecified atom stereocenters. The van der Waals surface area contributed by atoms with Crippen molar-refractivity contribution in [1.29, 1.82) is 0 Å². The molecule has 0 spiro atoms. The largest absolute Gasteiger partial charge is 0.459 e. The third-order valence-electron chi connectivity index (χ3n) is 4.22. The Bertz CT molecular complexity index is 697. The highest BCUT2D eigenvalue weighted by molar-refractivity contribution is 5.91. The van der Waals surface area contributed by atoms with Crippen LogP contribution in [0.15, 0.2) is 35.2 Å². The van der Waals surface area contributed by atoms with E-state index in [0.717, 1.165) is 5.82 Å². The molecule has 1 fully saturated rings. The first-order valence-electron chi connectivity index (χ1n) is 8.18. The van der Waals surface area contributed by atoms with Crippen LogP contribution in [-0.4, -0.2) is 57.3 Å². The van der Waals surface area contributed by atoms with Crippen LogP contribution in [0.2, 0.25) is 0 Å². The van der Waals surface area contributed by atoms with Crippen LogP contribution < -0.4 is 0 Å². The molecule has 0 saturated carbocycles. The van der Waals surface area contributed by atoms with E-state index in [1.807, 2.05) is 10.8 Å². The van der Waals surface area contributed by atoms with Gasteiger partial charge in [-0.05, 0) is 12.1 Å². The number of hydrogen-bond donors (Lipinski definition) is 0. The molecule has 1 saturated heterocycles. The molecule has 2 aromatic heterocycles. The lowest BCUT2D eigenvalue weighted by atomic mass is 10.2. The Labute approximate surface area is 140 Å². The van der Waals surface area contributed by atoms with Crippen molar-refractivity contribution < 1.29 is 14.0 Å². The van der Waals surface area contributed by atoms with Gasteiger partial charge in [0, 0.05) is 44.5 Å². The molecule has 3 rings (SSSR count). The van der Waals surface area contributed by atoms with Crippen LogP contribution in [0.5, 0.6) is 0 Å². The van der Waals surface area contributed by atoms with E-state index < -0.39 is 0 Å². The summed E-state index contributed by atoms with van der Waals surface area (Å²) in [7, 11) is 0. The molecule has 0 N–H and O–H groups in total. The second-order valence-corrected chi connectivity index (χ2v) is 6.22. The lowest BCUT2D eigenvalue weighted by molar-refractivity contribution is -0.133. The fraction of sp³-hybridized carbons (Fsp3) is 0.471. The molecule has 0 aliphatic carbocycles. The lowest BCUT2D eigenvalue weighted by Gasteiger charge is -2.34. The van der Waals surface area contributed by atoms with Crippen LogP contribution >= 0.6 is 0 Å². The van der Waals surface area contributed by atoms with Crippen molar-refractivity contribution in [1.82, 2.24) is 19.4 Å². The zero-order valence-corrected chi connectivity index (χ0v) is 14.0. The van der Waals surface area contributed by atoms with Gasteiger partial charge in [-0.1, -0.05) is 13.8 Å². The topological polar surface area (TPSA) is 71.6 Å². The van der Waals surface area contributed by atoms with E-state index >= 15 is 0 Å². The molecule has 128 valence electrons.